The molecule has 1 amide bonds. The Morgan fingerprint density at radius 1 is 1.11 bits per heavy atom. The summed E-state index contributed by atoms with van der Waals surface area (Å²) >= 11 is 0. The van der Waals surface area contributed by atoms with E-state index in [1.807, 2.05) is 30.5 Å². The molecule has 1 aromatic carbocycles. The lowest BCUT2D eigenvalue weighted by Crippen LogP contribution is -2.44. The van der Waals surface area contributed by atoms with Gasteiger partial charge in [-0.05, 0) is 42.9 Å². The number of pyridine rings is 1. The molecule has 4 aromatic heterocycles. The Morgan fingerprint density at radius 3 is 2.80 bits per heavy atom. The Hall–Kier alpha value is -4.44. The van der Waals surface area contributed by atoms with Crippen molar-refractivity contribution in [2.45, 2.75) is 0 Å². The van der Waals surface area contributed by atoms with Crippen LogP contribution < -0.4 is 16.0 Å². The van der Waals surface area contributed by atoms with Gasteiger partial charge >= 0.3 is 0 Å². The number of carbonyl (C=O) groups is 1. The third-order valence-corrected chi connectivity index (χ3v) is 6.50. The topological polar surface area (TPSA) is 120 Å². The van der Waals surface area contributed by atoms with Crippen molar-refractivity contribution in [3.05, 3.63) is 66.7 Å². The highest BCUT2D eigenvalue weighted by Crippen LogP contribution is 2.30. The number of fused-ring (bicyclic) bond motifs is 2. The molecule has 0 unspecified atom stereocenters. The van der Waals surface area contributed by atoms with E-state index in [1.165, 1.54) is 11.9 Å². The zero-order chi connectivity index (χ0) is 23.9. The molecule has 5 heterocycles. The van der Waals surface area contributed by atoms with E-state index in [9.17, 15) is 4.79 Å². The first kappa shape index (κ1) is 21.1. The first-order chi connectivity index (χ1) is 17.0. The molecule has 176 valence electrons. The lowest BCUT2D eigenvalue weighted by Gasteiger charge is -2.34. The maximum Gasteiger partial charge on any atom is 0.252 e. The fraction of sp³-hybridized carbons (Fsp3) is 0.200. The number of hydrogen-bond acceptors (Lipinski definition) is 7. The predicted molar refractivity (Wildman–Crippen MR) is 136 cm³/mol. The number of rotatable bonds is 5. The van der Waals surface area contributed by atoms with Crippen LogP contribution in [0.3, 0.4) is 0 Å². The van der Waals surface area contributed by atoms with Crippen molar-refractivity contribution < 1.29 is 4.79 Å². The molecule has 0 radical (unpaired) electrons. The molecule has 4 N–H and O–H groups in total. The molecule has 1 saturated heterocycles. The number of piperazine rings is 1. The molecule has 1 fully saturated rings. The summed E-state index contributed by atoms with van der Waals surface area (Å²) in [5.41, 5.74) is 11.2. The number of aromatic nitrogens is 5. The minimum absolute atomic E-state index is 0.383. The highest BCUT2D eigenvalue weighted by Gasteiger charge is 2.16. The van der Waals surface area contributed by atoms with Crippen LogP contribution in [0.25, 0.3) is 27.7 Å². The standard InChI is InChI=1S/C25H25N9O/c1-32-7-9-33(10-8-32)18-4-2-3-17(12-18)30-25-28-14-20-19(13-27-24(20)31-25)16-5-6-34-22(11-16)21(15-29-34)23(26)35/h2-6,11-15H,7-10H2,1H3,(H2,26,35)(H2,27,28,30,31). The summed E-state index contributed by atoms with van der Waals surface area (Å²) in [5.74, 6) is 0.00972. The zero-order valence-corrected chi connectivity index (χ0v) is 19.3. The van der Waals surface area contributed by atoms with Gasteiger partial charge in [-0.15, -0.1) is 0 Å². The number of amides is 1. The van der Waals surface area contributed by atoms with Crippen LogP contribution >= 0.6 is 0 Å². The molecular weight excluding hydrogens is 442 g/mol. The van der Waals surface area contributed by atoms with Gasteiger partial charge in [-0.3, -0.25) is 4.79 Å². The lowest BCUT2D eigenvalue weighted by atomic mass is 10.1. The summed E-state index contributed by atoms with van der Waals surface area (Å²) in [6, 6.07) is 12.2. The van der Waals surface area contributed by atoms with Crippen LogP contribution in [0.1, 0.15) is 10.4 Å². The van der Waals surface area contributed by atoms with Crippen molar-refractivity contribution in [2.24, 2.45) is 5.73 Å². The normalized spacial score (nSPS) is 14.6. The number of anilines is 3. The minimum Gasteiger partial charge on any atom is -0.369 e. The minimum atomic E-state index is -0.508. The van der Waals surface area contributed by atoms with Crippen molar-refractivity contribution in [1.29, 1.82) is 0 Å². The molecule has 1 aliphatic heterocycles. The Balaban J connectivity index is 1.27. The van der Waals surface area contributed by atoms with E-state index in [0.717, 1.165) is 54.0 Å². The molecule has 0 aliphatic carbocycles. The van der Waals surface area contributed by atoms with E-state index in [2.05, 4.69) is 54.3 Å². The first-order valence-corrected chi connectivity index (χ1v) is 11.5. The number of benzene rings is 1. The Labute approximate surface area is 201 Å². The van der Waals surface area contributed by atoms with Crippen LogP contribution in [0.15, 0.2) is 61.2 Å². The van der Waals surface area contributed by atoms with Crippen LogP contribution in [0.5, 0.6) is 0 Å². The molecule has 5 aromatic rings. The highest BCUT2D eigenvalue weighted by atomic mass is 16.1. The molecular formula is C25H25N9O. The third kappa shape index (κ3) is 3.93. The van der Waals surface area contributed by atoms with Gasteiger partial charge in [-0.2, -0.15) is 10.1 Å². The van der Waals surface area contributed by atoms with Crippen molar-refractivity contribution in [1.82, 2.24) is 29.5 Å². The van der Waals surface area contributed by atoms with Crippen molar-refractivity contribution in [2.75, 3.05) is 43.4 Å². The summed E-state index contributed by atoms with van der Waals surface area (Å²) in [6.45, 7) is 4.15. The number of primary amides is 1. The largest absolute Gasteiger partial charge is 0.369 e. The van der Waals surface area contributed by atoms with Gasteiger partial charge < -0.3 is 25.8 Å². The number of nitrogens with zero attached hydrogens (tertiary/aromatic N) is 6. The molecule has 10 nitrogen and oxygen atoms in total. The molecule has 0 spiro atoms. The van der Waals surface area contributed by atoms with Crippen LogP contribution in [0.2, 0.25) is 0 Å². The molecule has 6 rings (SSSR count). The average Bonchev–Trinajstić information content (AvgIpc) is 3.48. The summed E-state index contributed by atoms with van der Waals surface area (Å²) in [5, 5.41) is 8.40. The molecule has 0 atom stereocenters. The monoisotopic (exact) mass is 467 g/mol. The summed E-state index contributed by atoms with van der Waals surface area (Å²) in [6.07, 6.45) is 6.98. The summed E-state index contributed by atoms with van der Waals surface area (Å²) < 4.78 is 1.63. The number of hydrogen-bond donors (Lipinski definition) is 3. The molecule has 35 heavy (non-hydrogen) atoms. The number of aromatic amines is 1. The maximum absolute atomic E-state index is 11.7. The lowest BCUT2D eigenvalue weighted by molar-refractivity contribution is 0.100. The van der Waals surface area contributed by atoms with Crippen LogP contribution in [0, 0.1) is 0 Å². The van der Waals surface area contributed by atoms with Gasteiger partial charge in [0.2, 0.25) is 5.95 Å². The second kappa shape index (κ2) is 8.41. The Kier molecular flexibility index (Phi) is 5.07. The second-order valence-corrected chi connectivity index (χ2v) is 8.79. The molecule has 0 saturated carbocycles. The summed E-state index contributed by atoms with van der Waals surface area (Å²) in [7, 11) is 2.16. The van der Waals surface area contributed by atoms with Crippen LogP contribution in [-0.4, -0.2) is 68.6 Å². The zero-order valence-electron chi connectivity index (χ0n) is 19.3. The molecule has 1 aliphatic rings. The smallest absolute Gasteiger partial charge is 0.252 e. The fourth-order valence-electron chi connectivity index (χ4n) is 4.52. The third-order valence-electron chi connectivity index (χ3n) is 6.50. The van der Waals surface area contributed by atoms with Crippen LogP contribution in [0.4, 0.5) is 17.3 Å². The number of nitrogens with one attached hydrogen (secondary N) is 2. The van der Waals surface area contributed by atoms with Crippen LogP contribution in [-0.2, 0) is 0 Å². The van der Waals surface area contributed by atoms with Gasteiger partial charge in [0.1, 0.15) is 5.65 Å². The van der Waals surface area contributed by atoms with Crippen molar-refractivity contribution >= 4 is 39.8 Å². The number of carbonyl (C=O) groups excluding carboxylic acids is 1. The van der Waals surface area contributed by atoms with E-state index in [0.29, 0.717) is 17.0 Å². The van der Waals surface area contributed by atoms with Gasteiger partial charge in [0, 0.05) is 67.1 Å². The molecule has 0 bridgehead atoms. The number of nitrogens with two attached hydrogens (primary N) is 1. The summed E-state index contributed by atoms with van der Waals surface area (Å²) in [4.78, 5) is 28.9. The quantitative estimate of drug-likeness (QED) is 0.363. The van der Waals surface area contributed by atoms with E-state index < -0.39 is 5.91 Å². The van der Waals surface area contributed by atoms with Crippen molar-refractivity contribution in [3.8, 4) is 11.1 Å². The number of H-pyrrole nitrogens is 1. The van der Waals surface area contributed by atoms with Gasteiger partial charge in [0.05, 0.1) is 17.3 Å². The van der Waals surface area contributed by atoms with Gasteiger partial charge in [0.15, 0.2) is 0 Å². The molecule has 10 heteroatoms. The SMILES string of the molecule is CN1CCN(c2cccc(Nc3ncc4c(-c5ccn6ncc(C(N)=O)c6c5)c[nH]c4n3)c2)CC1. The first-order valence-electron chi connectivity index (χ1n) is 11.5. The Morgan fingerprint density at radius 2 is 1.97 bits per heavy atom. The maximum atomic E-state index is 11.7. The van der Waals surface area contributed by atoms with E-state index >= 15 is 0 Å². The average molecular weight is 468 g/mol. The van der Waals surface area contributed by atoms with E-state index in [1.54, 1.807) is 16.9 Å². The predicted octanol–water partition coefficient (Wildman–Crippen LogP) is 2.87. The van der Waals surface area contributed by atoms with E-state index in [4.69, 9.17) is 5.73 Å². The van der Waals surface area contributed by atoms with E-state index in [-0.39, 0.29) is 0 Å². The second-order valence-electron chi connectivity index (χ2n) is 8.79. The van der Waals surface area contributed by atoms with Gasteiger partial charge in [-0.25, -0.2) is 9.50 Å². The van der Waals surface area contributed by atoms with Crippen molar-refractivity contribution in [3.63, 3.8) is 0 Å². The highest BCUT2D eigenvalue weighted by molar-refractivity contribution is 6.01. The Bertz CT molecular complexity index is 1550. The van der Waals surface area contributed by atoms with Gasteiger partial charge in [-0.1, -0.05) is 6.07 Å². The number of likely N-dealkylation sites (N-methyl/N-ethyl adjacent to an activating group) is 1. The van der Waals surface area contributed by atoms with Gasteiger partial charge in [0.25, 0.3) is 5.91 Å². The fourth-order valence-corrected chi connectivity index (χ4v) is 4.52.